The van der Waals surface area contributed by atoms with Crippen LogP contribution in [-0.4, -0.2) is 6.54 Å². The quantitative estimate of drug-likeness (QED) is 0.906. The van der Waals surface area contributed by atoms with Gasteiger partial charge in [0.25, 0.3) is 0 Å². The Morgan fingerprint density at radius 3 is 2.37 bits per heavy atom. The van der Waals surface area contributed by atoms with Gasteiger partial charge >= 0.3 is 0 Å². The zero-order chi connectivity index (χ0) is 13.8. The van der Waals surface area contributed by atoms with Gasteiger partial charge in [0, 0.05) is 34.5 Å². The van der Waals surface area contributed by atoms with Gasteiger partial charge in [-0.25, -0.2) is 0 Å². The molecular formula is C16H19BrN2. The fourth-order valence-electron chi connectivity index (χ4n) is 2.34. The third-order valence-electron chi connectivity index (χ3n) is 3.31. The molecule has 0 aliphatic carbocycles. The average Bonchev–Trinajstić information content (AvgIpc) is 2.42. The van der Waals surface area contributed by atoms with Crippen molar-refractivity contribution in [3.63, 3.8) is 0 Å². The average molecular weight is 319 g/mol. The second kappa shape index (κ2) is 6.22. The van der Waals surface area contributed by atoms with E-state index in [0.717, 1.165) is 16.6 Å². The molecule has 2 aromatic rings. The molecule has 0 aliphatic rings. The lowest BCUT2D eigenvalue weighted by Crippen LogP contribution is -2.19. The molecule has 2 N–H and O–H groups in total. The molecule has 100 valence electrons. The first kappa shape index (κ1) is 14.1. The Hall–Kier alpha value is -1.32. The van der Waals surface area contributed by atoms with Gasteiger partial charge in [0.15, 0.2) is 0 Å². The lowest BCUT2D eigenvalue weighted by atomic mass is 10.1. The summed E-state index contributed by atoms with van der Waals surface area (Å²) in [4.78, 5) is 2.31. The molecule has 3 heteroatoms. The van der Waals surface area contributed by atoms with E-state index < -0.39 is 0 Å². The molecule has 0 bridgehead atoms. The Morgan fingerprint density at radius 1 is 1.05 bits per heavy atom. The van der Waals surface area contributed by atoms with Crippen LogP contribution in [0, 0.1) is 6.92 Å². The first-order valence-electron chi connectivity index (χ1n) is 6.49. The van der Waals surface area contributed by atoms with Crippen molar-refractivity contribution in [1.29, 1.82) is 0 Å². The minimum absolute atomic E-state index is 0.527. The zero-order valence-electron chi connectivity index (χ0n) is 11.4. The summed E-state index contributed by atoms with van der Waals surface area (Å²) in [5.41, 5.74) is 10.7. The Labute approximate surface area is 123 Å². The van der Waals surface area contributed by atoms with Crippen LogP contribution < -0.4 is 10.6 Å². The maximum atomic E-state index is 5.90. The van der Waals surface area contributed by atoms with Gasteiger partial charge in [0.2, 0.25) is 0 Å². The molecule has 0 radical (unpaired) electrons. The number of aryl methyl sites for hydroxylation is 1. The van der Waals surface area contributed by atoms with Crippen LogP contribution >= 0.6 is 15.9 Å². The van der Waals surface area contributed by atoms with E-state index in [1.807, 2.05) is 6.07 Å². The Kier molecular flexibility index (Phi) is 4.61. The van der Waals surface area contributed by atoms with Gasteiger partial charge in [-0.2, -0.15) is 0 Å². The van der Waals surface area contributed by atoms with Gasteiger partial charge in [0.1, 0.15) is 0 Å². The maximum absolute atomic E-state index is 5.90. The number of para-hydroxylation sites is 1. The van der Waals surface area contributed by atoms with Crippen molar-refractivity contribution in [2.75, 3.05) is 11.4 Å². The van der Waals surface area contributed by atoms with Crippen LogP contribution in [0.25, 0.3) is 0 Å². The van der Waals surface area contributed by atoms with Gasteiger partial charge < -0.3 is 10.6 Å². The van der Waals surface area contributed by atoms with Crippen molar-refractivity contribution in [2.24, 2.45) is 5.73 Å². The highest BCUT2D eigenvalue weighted by atomic mass is 79.9. The van der Waals surface area contributed by atoms with Crippen molar-refractivity contribution in [1.82, 2.24) is 0 Å². The topological polar surface area (TPSA) is 29.3 Å². The third-order valence-corrected chi connectivity index (χ3v) is 4.05. The molecule has 2 nitrogen and oxygen atoms in total. The minimum Gasteiger partial charge on any atom is -0.341 e. The number of nitrogens with two attached hydrogens (primary N) is 1. The van der Waals surface area contributed by atoms with Crippen molar-refractivity contribution in [3.8, 4) is 0 Å². The van der Waals surface area contributed by atoms with E-state index >= 15 is 0 Å². The van der Waals surface area contributed by atoms with Gasteiger partial charge in [0.05, 0.1) is 0 Å². The van der Waals surface area contributed by atoms with Crippen molar-refractivity contribution < 1.29 is 0 Å². The smallest absolute Gasteiger partial charge is 0.0467 e. The highest BCUT2D eigenvalue weighted by molar-refractivity contribution is 9.10. The molecule has 0 amide bonds. The normalized spacial score (nSPS) is 10.5. The van der Waals surface area contributed by atoms with E-state index in [4.69, 9.17) is 5.73 Å². The number of hydrogen-bond donors (Lipinski definition) is 1. The molecule has 0 atom stereocenters. The number of benzene rings is 2. The molecule has 0 heterocycles. The fraction of sp³-hybridized carbons (Fsp3) is 0.250. The first-order valence-corrected chi connectivity index (χ1v) is 7.29. The van der Waals surface area contributed by atoms with Crippen molar-refractivity contribution >= 4 is 27.3 Å². The summed E-state index contributed by atoms with van der Waals surface area (Å²) < 4.78 is 1.07. The zero-order valence-corrected chi connectivity index (χ0v) is 12.9. The molecule has 0 aromatic heterocycles. The van der Waals surface area contributed by atoms with Crippen LogP contribution in [0.5, 0.6) is 0 Å². The van der Waals surface area contributed by atoms with E-state index in [0.29, 0.717) is 6.54 Å². The SMILES string of the molecule is CCN(c1ccccc1C)c1cccc(Br)c1CN. The largest absolute Gasteiger partial charge is 0.341 e. The molecule has 0 spiro atoms. The Bertz CT molecular complexity index is 566. The second-order valence-electron chi connectivity index (χ2n) is 4.47. The van der Waals surface area contributed by atoms with E-state index in [2.05, 4.69) is 71.1 Å². The number of rotatable bonds is 4. The number of hydrogen-bond acceptors (Lipinski definition) is 2. The van der Waals surface area contributed by atoms with E-state index in [9.17, 15) is 0 Å². The van der Waals surface area contributed by atoms with E-state index in [1.54, 1.807) is 0 Å². The number of nitrogens with zero attached hydrogens (tertiary/aromatic N) is 1. The summed E-state index contributed by atoms with van der Waals surface area (Å²) >= 11 is 3.59. The lowest BCUT2D eigenvalue weighted by molar-refractivity contribution is 0.974. The van der Waals surface area contributed by atoms with Gasteiger partial charge in [-0.1, -0.05) is 40.2 Å². The number of anilines is 2. The summed E-state index contributed by atoms with van der Waals surface area (Å²) in [6.07, 6.45) is 0. The third kappa shape index (κ3) is 2.82. The van der Waals surface area contributed by atoms with E-state index in [1.165, 1.54) is 16.9 Å². The monoisotopic (exact) mass is 318 g/mol. The van der Waals surface area contributed by atoms with Crippen molar-refractivity contribution in [2.45, 2.75) is 20.4 Å². The molecule has 19 heavy (non-hydrogen) atoms. The van der Waals surface area contributed by atoms with Crippen LogP contribution in [0.3, 0.4) is 0 Å². The predicted octanol–water partition coefficient (Wildman–Crippen LogP) is 4.37. The number of halogens is 1. The van der Waals surface area contributed by atoms with Gasteiger partial charge in [-0.3, -0.25) is 0 Å². The predicted molar refractivity (Wildman–Crippen MR) is 85.9 cm³/mol. The molecule has 2 rings (SSSR count). The van der Waals surface area contributed by atoms with Crippen LogP contribution in [0.1, 0.15) is 18.1 Å². The highest BCUT2D eigenvalue weighted by Gasteiger charge is 2.14. The van der Waals surface area contributed by atoms with Gasteiger partial charge in [-0.05, 0) is 37.6 Å². The molecule has 0 unspecified atom stereocenters. The van der Waals surface area contributed by atoms with Crippen molar-refractivity contribution in [3.05, 3.63) is 58.1 Å². The fourth-order valence-corrected chi connectivity index (χ4v) is 2.86. The molecule has 0 fully saturated rings. The maximum Gasteiger partial charge on any atom is 0.0467 e. The molecule has 0 saturated carbocycles. The standard InChI is InChI=1S/C16H19BrN2/c1-3-19(15-9-5-4-7-12(15)2)16-10-6-8-14(17)13(16)11-18/h4-10H,3,11,18H2,1-2H3. The van der Waals surface area contributed by atoms with Gasteiger partial charge in [-0.15, -0.1) is 0 Å². The summed E-state index contributed by atoms with van der Waals surface area (Å²) in [6, 6.07) is 14.7. The summed E-state index contributed by atoms with van der Waals surface area (Å²) in [7, 11) is 0. The summed E-state index contributed by atoms with van der Waals surface area (Å²) in [5.74, 6) is 0. The lowest BCUT2D eigenvalue weighted by Gasteiger charge is -2.27. The van der Waals surface area contributed by atoms with Crippen LogP contribution in [0.2, 0.25) is 0 Å². The summed E-state index contributed by atoms with van der Waals surface area (Å²) in [6.45, 7) is 5.74. The van der Waals surface area contributed by atoms with E-state index in [-0.39, 0.29) is 0 Å². The highest BCUT2D eigenvalue weighted by Crippen LogP contribution is 2.33. The molecule has 0 saturated heterocycles. The molecule has 0 aliphatic heterocycles. The Morgan fingerprint density at radius 2 is 1.74 bits per heavy atom. The Balaban J connectivity index is 2.55. The summed E-state index contributed by atoms with van der Waals surface area (Å²) in [5, 5.41) is 0. The first-order chi connectivity index (χ1) is 9.19. The minimum atomic E-state index is 0.527. The van der Waals surface area contributed by atoms with Crippen LogP contribution in [0.15, 0.2) is 46.9 Å². The second-order valence-corrected chi connectivity index (χ2v) is 5.33. The molecule has 2 aromatic carbocycles. The van der Waals surface area contributed by atoms with Crippen LogP contribution in [0.4, 0.5) is 11.4 Å². The van der Waals surface area contributed by atoms with Crippen LogP contribution in [-0.2, 0) is 6.54 Å². The molecular weight excluding hydrogens is 300 g/mol.